The lowest BCUT2D eigenvalue weighted by molar-refractivity contribution is -0.0496. The fraction of sp³-hybridized carbons (Fsp3) is 0.200. The van der Waals surface area contributed by atoms with Gasteiger partial charge in [0.2, 0.25) is 0 Å². The van der Waals surface area contributed by atoms with Gasteiger partial charge in [-0.05, 0) is 48.9 Å². The van der Waals surface area contributed by atoms with Crippen molar-refractivity contribution in [3.8, 4) is 0 Å². The van der Waals surface area contributed by atoms with E-state index in [0.29, 0.717) is 9.79 Å². The first-order valence-electron chi connectivity index (χ1n) is 6.60. The number of halogens is 3. The predicted molar refractivity (Wildman–Crippen MR) is 90.8 cm³/mol. The SMILES string of the molecule is CSc1ccc(S(C)(OS(=O)(=O)C(F)(F)F)c2ccccc2)cc1. The largest absolute Gasteiger partial charge is 0.523 e. The van der Waals surface area contributed by atoms with Crippen molar-refractivity contribution in [2.75, 3.05) is 12.5 Å². The number of rotatable bonds is 5. The summed E-state index contributed by atoms with van der Waals surface area (Å²) in [6.07, 6.45) is 3.25. The predicted octanol–water partition coefficient (Wildman–Crippen LogP) is 5.04. The molecule has 2 aromatic rings. The number of thioether (sulfide) groups is 1. The molecule has 0 aliphatic heterocycles. The molecule has 0 saturated heterocycles. The van der Waals surface area contributed by atoms with E-state index in [1.54, 1.807) is 54.6 Å². The van der Waals surface area contributed by atoms with Crippen LogP contribution in [-0.4, -0.2) is 26.4 Å². The van der Waals surface area contributed by atoms with Gasteiger partial charge in [-0.3, -0.25) is 0 Å². The molecule has 1 unspecified atom stereocenters. The van der Waals surface area contributed by atoms with Crippen LogP contribution < -0.4 is 0 Å². The number of hydrogen-bond acceptors (Lipinski definition) is 4. The van der Waals surface area contributed by atoms with Crippen molar-refractivity contribution in [2.24, 2.45) is 0 Å². The Morgan fingerprint density at radius 2 is 1.42 bits per heavy atom. The van der Waals surface area contributed by atoms with Crippen LogP contribution >= 0.6 is 22.1 Å². The second-order valence-corrected chi connectivity index (χ2v) is 10.2. The fourth-order valence-corrected chi connectivity index (χ4v) is 6.33. The Kier molecular flexibility index (Phi) is 5.58. The summed E-state index contributed by atoms with van der Waals surface area (Å²) in [6, 6.07) is 14.7. The van der Waals surface area contributed by atoms with Gasteiger partial charge in [0, 0.05) is 14.7 Å². The van der Waals surface area contributed by atoms with E-state index in [4.69, 9.17) is 3.63 Å². The molecule has 0 aromatic heterocycles. The van der Waals surface area contributed by atoms with Crippen LogP contribution in [0.15, 0.2) is 69.3 Å². The van der Waals surface area contributed by atoms with Gasteiger partial charge >= 0.3 is 15.6 Å². The monoisotopic (exact) mass is 396 g/mol. The Morgan fingerprint density at radius 3 is 1.88 bits per heavy atom. The smallest absolute Gasteiger partial charge is 0.204 e. The molecule has 132 valence electrons. The molecule has 0 amide bonds. The van der Waals surface area contributed by atoms with Gasteiger partial charge < -0.3 is 0 Å². The molecule has 0 N–H and O–H groups in total. The highest BCUT2D eigenvalue weighted by atomic mass is 32.3. The summed E-state index contributed by atoms with van der Waals surface area (Å²) in [7, 11) is -8.62. The lowest BCUT2D eigenvalue weighted by Crippen LogP contribution is -2.27. The van der Waals surface area contributed by atoms with E-state index in [1.807, 2.05) is 6.26 Å². The minimum Gasteiger partial charge on any atom is -0.204 e. The topological polar surface area (TPSA) is 43.4 Å². The molecule has 9 heteroatoms. The van der Waals surface area contributed by atoms with Gasteiger partial charge in [0.1, 0.15) is 0 Å². The molecule has 0 spiro atoms. The molecule has 2 rings (SSSR count). The van der Waals surface area contributed by atoms with Gasteiger partial charge in [0.05, 0.1) is 0 Å². The van der Waals surface area contributed by atoms with Crippen LogP contribution in [0.25, 0.3) is 0 Å². The summed E-state index contributed by atoms with van der Waals surface area (Å²) in [5.74, 6) is 0. The number of hydrogen-bond donors (Lipinski definition) is 0. The maximum atomic E-state index is 12.8. The highest BCUT2D eigenvalue weighted by Gasteiger charge is 2.50. The zero-order valence-corrected chi connectivity index (χ0v) is 15.2. The summed E-state index contributed by atoms with van der Waals surface area (Å²) >= 11 is 1.47. The molecule has 1 atom stereocenters. The molecule has 0 saturated carbocycles. The highest BCUT2D eigenvalue weighted by Crippen LogP contribution is 2.62. The third kappa shape index (κ3) is 3.90. The minimum absolute atomic E-state index is 0.384. The third-order valence-corrected chi connectivity index (χ3v) is 8.67. The van der Waals surface area contributed by atoms with Crippen molar-refractivity contribution in [1.82, 2.24) is 0 Å². The van der Waals surface area contributed by atoms with Gasteiger partial charge in [-0.1, -0.05) is 28.5 Å². The van der Waals surface area contributed by atoms with E-state index in [0.717, 1.165) is 4.90 Å². The highest BCUT2D eigenvalue weighted by molar-refractivity contribution is 8.32. The van der Waals surface area contributed by atoms with Gasteiger partial charge in [-0.2, -0.15) is 21.6 Å². The maximum Gasteiger partial charge on any atom is 0.523 e. The molecular weight excluding hydrogens is 381 g/mol. The maximum absolute atomic E-state index is 12.8. The first-order chi connectivity index (χ1) is 11.1. The Balaban J connectivity index is 2.58. The average molecular weight is 396 g/mol. The zero-order chi connectivity index (χ0) is 18.0. The Morgan fingerprint density at radius 1 is 0.917 bits per heavy atom. The van der Waals surface area contributed by atoms with Crippen molar-refractivity contribution < 1.29 is 25.2 Å². The minimum atomic E-state index is -5.74. The summed E-state index contributed by atoms with van der Waals surface area (Å²) in [5.41, 5.74) is -5.48. The van der Waals surface area contributed by atoms with Gasteiger partial charge in [-0.15, -0.1) is 11.8 Å². The van der Waals surface area contributed by atoms with E-state index < -0.39 is 25.9 Å². The second kappa shape index (κ2) is 6.99. The van der Waals surface area contributed by atoms with Crippen LogP contribution in [0.4, 0.5) is 13.2 Å². The third-order valence-electron chi connectivity index (χ3n) is 3.21. The van der Waals surface area contributed by atoms with E-state index in [-0.39, 0.29) is 0 Å². The van der Waals surface area contributed by atoms with E-state index in [9.17, 15) is 21.6 Å². The number of benzene rings is 2. The molecule has 2 aromatic carbocycles. The standard InChI is InChI=1S/C15H15F3O3S3/c1-22-12-8-10-14(11-9-12)23(2,13-6-4-3-5-7-13)21-24(19,20)15(16,17)18/h3-11H,1-2H3. The molecule has 0 fully saturated rings. The molecule has 0 bridgehead atoms. The molecule has 24 heavy (non-hydrogen) atoms. The lowest BCUT2D eigenvalue weighted by Gasteiger charge is -2.35. The first kappa shape index (κ1) is 19.2. The van der Waals surface area contributed by atoms with Crippen molar-refractivity contribution in [3.63, 3.8) is 0 Å². The zero-order valence-electron chi connectivity index (χ0n) is 12.8. The van der Waals surface area contributed by atoms with Crippen LogP contribution in [0.5, 0.6) is 0 Å². The van der Waals surface area contributed by atoms with Crippen molar-refractivity contribution >= 4 is 32.2 Å². The molecule has 0 heterocycles. The Bertz CT molecular complexity index is 790. The van der Waals surface area contributed by atoms with Gasteiger partial charge in [-0.25, -0.2) is 3.63 Å². The fourth-order valence-electron chi connectivity index (χ4n) is 1.95. The summed E-state index contributed by atoms with van der Waals surface area (Å²) in [6.45, 7) is 0. The van der Waals surface area contributed by atoms with Crippen molar-refractivity contribution in [1.29, 1.82) is 0 Å². The number of alkyl halides is 3. The quantitative estimate of drug-likeness (QED) is 0.524. The van der Waals surface area contributed by atoms with Gasteiger partial charge in [0.15, 0.2) is 0 Å². The Hall–Kier alpha value is -1.16. The van der Waals surface area contributed by atoms with E-state index >= 15 is 0 Å². The van der Waals surface area contributed by atoms with Crippen LogP contribution in [0.3, 0.4) is 0 Å². The van der Waals surface area contributed by atoms with E-state index in [2.05, 4.69) is 0 Å². The molecule has 0 aliphatic carbocycles. The lowest BCUT2D eigenvalue weighted by atomic mass is 10.4. The normalized spacial score (nSPS) is 16.4. The summed E-state index contributed by atoms with van der Waals surface area (Å²) in [5, 5.41) is 0. The summed E-state index contributed by atoms with van der Waals surface area (Å²) in [4.78, 5) is 1.68. The molecular formula is C15H15F3O3S3. The molecule has 0 aliphatic rings. The van der Waals surface area contributed by atoms with Crippen LogP contribution in [-0.2, 0) is 13.7 Å². The van der Waals surface area contributed by atoms with Crippen LogP contribution in [0.1, 0.15) is 0 Å². The summed E-state index contributed by atoms with van der Waals surface area (Å²) < 4.78 is 66.4. The molecule has 3 nitrogen and oxygen atoms in total. The second-order valence-electron chi connectivity index (χ2n) is 4.80. The van der Waals surface area contributed by atoms with Crippen molar-refractivity contribution in [2.45, 2.75) is 20.2 Å². The molecule has 0 radical (unpaired) electrons. The average Bonchev–Trinajstić information content (AvgIpc) is 2.54. The van der Waals surface area contributed by atoms with Gasteiger partial charge in [0.25, 0.3) is 0 Å². The van der Waals surface area contributed by atoms with Crippen LogP contribution in [0.2, 0.25) is 0 Å². The van der Waals surface area contributed by atoms with Crippen LogP contribution in [0, 0.1) is 0 Å². The first-order valence-corrected chi connectivity index (χ1v) is 11.2. The van der Waals surface area contributed by atoms with Crippen molar-refractivity contribution in [3.05, 3.63) is 54.6 Å². The Labute approximate surface area is 144 Å². The van der Waals surface area contributed by atoms with E-state index in [1.165, 1.54) is 18.0 Å².